The van der Waals surface area contributed by atoms with Gasteiger partial charge in [0.05, 0.1) is 10.6 Å². The second-order valence-electron chi connectivity index (χ2n) is 4.35. The number of hydrogen-bond acceptors (Lipinski definition) is 2. The number of aryl methyl sites for hydroxylation is 1. The second kappa shape index (κ2) is 5.93. The van der Waals surface area contributed by atoms with Crippen molar-refractivity contribution in [2.45, 2.75) is 17.1 Å². The molecule has 0 saturated carbocycles. The lowest BCUT2D eigenvalue weighted by atomic mass is 10.2. The van der Waals surface area contributed by atoms with Crippen LogP contribution in [0.2, 0.25) is 0 Å². The SMILES string of the molecule is Cc1ccc(NS(=O)(=O)c2ccc(CBr)cc2)cc1F. The van der Waals surface area contributed by atoms with Crippen LogP contribution in [0.4, 0.5) is 10.1 Å². The summed E-state index contributed by atoms with van der Waals surface area (Å²) in [5.41, 5.74) is 1.65. The molecule has 0 spiro atoms. The molecular formula is C14H13BrFNO2S. The molecule has 106 valence electrons. The van der Waals surface area contributed by atoms with E-state index in [9.17, 15) is 12.8 Å². The van der Waals surface area contributed by atoms with Crippen molar-refractivity contribution in [1.82, 2.24) is 0 Å². The number of halogens is 2. The third-order valence-electron chi connectivity index (χ3n) is 2.81. The molecule has 0 amide bonds. The number of nitrogens with one attached hydrogen (secondary N) is 1. The quantitative estimate of drug-likeness (QED) is 0.845. The number of anilines is 1. The molecule has 2 aromatic rings. The topological polar surface area (TPSA) is 46.2 Å². The van der Waals surface area contributed by atoms with Crippen molar-refractivity contribution < 1.29 is 12.8 Å². The predicted octanol–water partition coefficient (Wildman–Crippen LogP) is 3.83. The van der Waals surface area contributed by atoms with E-state index in [1.54, 1.807) is 19.1 Å². The molecule has 2 aromatic carbocycles. The van der Waals surface area contributed by atoms with Crippen molar-refractivity contribution in [3.63, 3.8) is 0 Å². The maximum Gasteiger partial charge on any atom is 0.261 e. The van der Waals surface area contributed by atoms with Gasteiger partial charge in [0.15, 0.2) is 0 Å². The third-order valence-corrected chi connectivity index (χ3v) is 4.86. The van der Waals surface area contributed by atoms with Gasteiger partial charge in [0.2, 0.25) is 0 Å². The van der Waals surface area contributed by atoms with Gasteiger partial charge in [0, 0.05) is 5.33 Å². The van der Waals surface area contributed by atoms with Gasteiger partial charge in [-0.2, -0.15) is 0 Å². The monoisotopic (exact) mass is 357 g/mol. The molecule has 0 radical (unpaired) electrons. The minimum atomic E-state index is -3.70. The van der Waals surface area contributed by atoms with E-state index in [4.69, 9.17) is 0 Å². The first kappa shape index (κ1) is 15.0. The highest BCUT2D eigenvalue weighted by molar-refractivity contribution is 9.08. The number of rotatable bonds is 4. The van der Waals surface area contributed by atoms with Crippen molar-refractivity contribution in [2.24, 2.45) is 0 Å². The van der Waals surface area contributed by atoms with Crippen LogP contribution < -0.4 is 4.72 Å². The molecule has 0 aliphatic rings. The Balaban J connectivity index is 2.27. The van der Waals surface area contributed by atoms with E-state index < -0.39 is 15.8 Å². The Hall–Kier alpha value is -1.40. The zero-order valence-corrected chi connectivity index (χ0v) is 13.1. The van der Waals surface area contributed by atoms with E-state index in [2.05, 4.69) is 20.7 Å². The Morgan fingerprint density at radius 1 is 1.15 bits per heavy atom. The average Bonchev–Trinajstić information content (AvgIpc) is 2.43. The predicted molar refractivity (Wildman–Crippen MR) is 81.0 cm³/mol. The van der Waals surface area contributed by atoms with Gasteiger partial charge in [-0.15, -0.1) is 0 Å². The number of hydrogen-bond donors (Lipinski definition) is 1. The molecule has 2 rings (SSSR count). The van der Waals surface area contributed by atoms with E-state index in [1.807, 2.05) is 0 Å². The van der Waals surface area contributed by atoms with Crippen molar-refractivity contribution in [3.05, 3.63) is 59.4 Å². The molecule has 0 unspecified atom stereocenters. The first-order valence-electron chi connectivity index (χ1n) is 5.86. The lowest BCUT2D eigenvalue weighted by Crippen LogP contribution is -2.13. The minimum Gasteiger partial charge on any atom is -0.280 e. The largest absolute Gasteiger partial charge is 0.280 e. The highest BCUT2D eigenvalue weighted by atomic mass is 79.9. The molecule has 0 aliphatic carbocycles. The third kappa shape index (κ3) is 3.37. The first-order valence-corrected chi connectivity index (χ1v) is 8.47. The summed E-state index contributed by atoms with van der Waals surface area (Å²) in [4.78, 5) is 0.142. The highest BCUT2D eigenvalue weighted by Crippen LogP contribution is 2.19. The smallest absolute Gasteiger partial charge is 0.261 e. The summed E-state index contributed by atoms with van der Waals surface area (Å²) in [7, 11) is -3.70. The maximum absolute atomic E-state index is 13.4. The molecule has 0 fully saturated rings. The van der Waals surface area contributed by atoms with Gasteiger partial charge >= 0.3 is 0 Å². The van der Waals surface area contributed by atoms with Crippen LogP contribution in [0.5, 0.6) is 0 Å². The van der Waals surface area contributed by atoms with E-state index in [0.29, 0.717) is 10.9 Å². The van der Waals surface area contributed by atoms with Crippen molar-refractivity contribution in [2.75, 3.05) is 4.72 Å². The van der Waals surface area contributed by atoms with Crippen LogP contribution in [0.1, 0.15) is 11.1 Å². The fraction of sp³-hybridized carbons (Fsp3) is 0.143. The Bertz CT molecular complexity index is 714. The maximum atomic E-state index is 13.4. The second-order valence-corrected chi connectivity index (χ2v) is 6.59. The van der Waals surface area contributed by atoms with Crippen LogP contribution in [0.15, 0.2) is 47.4 Å². The number of alkyl halides is 1. The molecule has 0 heterocycles. The summed E-state index contributed by atoms with van der Waals surface area (Å²) in [6.45, 7) is 1.62. The van der Waals surface area contributed by atoms with Crippen LogP contribution in [-0.4, -0.2) is 8.42 Å². The Morgan fingerprint density at radius 3 is 2.35 bits per heavy atom. The van der Waals surface area contributed by atoms with Gasteiger partial charge < -0.3 is 0 Å². The average molecular weight is 358 g/mol. The molecular weight excluding hydrogens is 345 g/mol. The number of benzene rings is 2. The van der Waals surface area contributed by atoms with Crippen LogP contribution in [0.3, 0.4) is 0 Å². The van der Waals surface area contributed by atoms with E-state index in [1.165, 1.54) is 30.3 Å². The zero-order valence-electron chi connectivity index (χ0n) is 10.7. The van der Waals surface area contributed by atoms with Gasteiger partial charge in [-0.3, -0.25) is 4.72 Å². The van der Waals surface area contributed by atoms with Crippen LogP contribution >= 0.6 is 15.9 Å². The van der Waals surface area contributed by atoms with E-state index in [-0.39, 0.29) is 10.6 Å². The summed E-state index contributed by atoms with van der Waals surface area (Å²) in [6, 6.07) is 10.7. The molecule has 0 aromatic heterocycles. The zero-order chi connectivity index (χ0) is 14.8. The van der Waals surface area contributed by atoms with Crippen LogP contribution in [-0.2, 0) is 15.4 Å². The summed E-state index contributed by atoms with van der Waals surface area (Å²) in [5, 5.41) is 0.657. The van der Waals surface area contributed by atoms with E-state index >= 15 is 0 Å². The fourth-order valence-corrected chi connectivity index (χ4v) is 3.05. The summed E-state index contributed by atoms with van der Waals surface area (Å²) < 4.78 is 40.1. The molecule has 6 heteroatoms. The van der Waals surface area contributed by atoms with Gasteiger partial charge in [-0.25, -0.2) is 12.8 Å². The lowest BCUT2D eigenvalue weighted by molar-refractivity contribution is 0.601. The van der Waals surface area contributed by atoms with E-state index in [0.717, 1.165) is 5.56 Å². The van der Waals surface area contributed by atoms with Crippen LogP contribution in [0.25, 0.3) is 0 Å². The molecule has 0 saturated heterocycles. The first-order chi connectivity index (χ1) is 9.42. The van der Waals surface area contributed by atoms with Gasteiger partial charge in [-0.05, 0) is 42.3 Å². The molecule has 0 atom stereocenters. The van der Waals surface area contributed by atoms with Crippen molar-refractivity contribution in [3.8, 4) is 0 Å². The Morgan fingerprint density at radius 2 is 1.80 bits per heavy atom. The highest BCUT2D eigenvalue weighted by Gasteiger charge is 2.14. The van der Waals surface area contributed by atoms with Crippen molar-refractivity contribution >= 4 is 31.6 Å². The molecule has 3 nitrogen and oxygen atoms in total. The Labute approximate surface area is 126 Å². The lowest BCUT2D eigenvalue weighted by Gasteiger charge is -2.09. The molecule has 0 bridgehead atoms. The minimum absolute atomic E-state index is 0.142. The van der Waals surface area contributed by atoms with Crippen molar-refractivity contribution in [1.29, 1.82) is 0 Å². The summed E-state index contributed by atoms with van der Waals surface area (Å²) in [5.74, 6) is -0.445. The van der Waals surface area contributed by atoms with Gasteiger partial charge in [-0.1, -0.05) is 34.1 Å². The summed E-state index contributed by atoms with van der Waals surface area (Å²) in [6.07, 6.45) is 0. The summed E-state index contributed by atoms with van der Waals surface area (Å²) >= 11 is 3.29. The van der Waals surface area contributed by atoms with Crippen LogP contribution in [0, 0.1) is 12.7 Å². The molecule has 1 N–H and O–H groups in total. The van der Waals surface area contributed by atoms with Gasteiger partial charge in [0.25, 0.3) is 10.0 Å². The normalized spacial score (nSPS) is 11.3. The molecule has 0 aliphatic heterocycles. The van der Waals surface area contributed by atoms with Gasteiger partial charge in [0.1, 0.15) is 5.82 Å². The Kier molecular flexibility index (Phi) is 4.45. The number of sulfonamides is 1. The fourth-order valence-electron chi connectivity index (χ4n) is 1.63. The standard InChI is InChI=1S/C14H13BrFNO2S/c1-10-2-5-12(8-14(10)16)17-20(18,19)13-6-3-11(9-15)4-7-13/h2-8,17H,9H2,1H3. The molecule has 20 heavy (non-hydrogen) atoms.